The molecule has 1 unspecified atom stereocenters. The van der Waals surface area contributed by atoms with Gasteiger partial charge in [0.05, 0.1) is 0 Å². The largest absolute Gasteiger partial charge is 0.480 e. The van der Waals surface area contributed by atoms with Crippen LogP contribution in [0.25, 0.3) is 0 Å². The van der Waals surface area contributed by atoms with Crippen LogP contribution in [0, 0.1) is 0 Å². The first kappa shape index (κ1) is 18.3. The molecule has 17 heavy (non-hydrogen) atoms. The number of aliphatic carboxylic acids is 1. The first-order chi connectivity index (χ1) is 7.00. The third-order valence-corrected chi connectivity index (χ3v) is 2.04. The Morgan fingerprint density at radius 3 is 2.59 bits per heavy atom. The summed E-state index contributed by atoms with van der Waals surface area (Å²) in [5.41, 5.74) is 6.32. The fourth-order valence-corrected chi connectivity index (χ4v) is 1.17. The fraction of sp³-hybridized carbons (Fsp3) is 0.400. The van der Waals surface area contributed by atoms with Gasteiger partial charge in [-0.1, -0.05) is 0 Å². The second kappa shape index (κ2) is 8.11. The molecular formula is C10H17Cl2N3O2. The van der Waals surface area contributed by atoms with Crippen molar-refractivity contribution in [1.82, 2.24) is 4.98 Å². The number of rotatable bonds is 4. The third-order valence-electron chi connectivity index (χ3n) is 2.04. The Balaban J connectivity index is 0. The second-order valence-corrected chi connectivity index (χ2v) is 3.57. The van der Waals surface area contributed by atoms with E-state index in [4.69, 9.17) is 10.8 Å². The maximum Gasteiger partial charge on any atom is 0.320 e. The maximum atomic E-state index is 10.6. The molecule has 1 aromatic heterocycles. The maximum absolute atomic E-state index is 10.6. The Kier molecular flexibility index (Phi) is 8.74. The molecule has 0 radical (unpaired) electrons. The summed E-state index contributed by atoms with van der Waals surface area (Å²) in [7, 11) is 3.76. The van der Waals surface area contributed by atoms with E-state index in [1.165, 1.54) is 0 Å². The molecule has 0 aliphatic rings. The summed E-state index contributed by atoms with van der Waals surface area (Å²) in [6, 6.07) is 2.75. The normalized spacial score (nSPS) is 10.8. The van der Waals surface area contributed by atoms with Gasteiger partial charge in [-0.25, -0.2) is 4.98 Å². The lowest BCUT2D eigenvalue weighted by Crippen LogP contribution is -2.32. The summed E-state index contributed by atoms with van der Waals surface area (Å²) in [4.78, 5) is 16.6. The number of anilines is 1. The fourth-order valence-electron chi connectivity index (χ4n) is 1.17. The lowest BCUT2D eigenvalue weighted by Gasteiger charge is -2.13. The van der Waals surface area contributed by atoms with Crippen LogP contribution in [0.1, 0.15) is 5.56 Å². The molecule has 0 amide bonds. The van der Waals surface area contributed by atoms with Crippen LogP contribution in [0.3, 0.4) is 0 Å². The minimum Gasteiger partial charge on any atom is -0.480 e. The molecule has 0 aromatic carbocycles. The van der Waals surface area contributed by atoms with Crippen molar-refractivity contribution in [2.75, 3.05) is 19.0 Å². The van der Waals surface area contributed by atoms with E-state index >= 15 is 0 Å². The molecule has 3 N–H and O–H groups in total. The highest BCUT2D eigenvalue weighted by molar-refractivity contribution is 5.85. The van der Waals surface area contributed by atoms with E-state index in [1.54, 1.807) is 12.3 Å². The van der Waals surface area contributed by atoms with Crippen LogP contribution in [0.5, 0.6) is 0 Å². The number of hydrogen-bond acceptors (Lipinski definition) is 4. The van der Waals surface area contributed by atoms with E-state index in [-0.39, 0.29) is 24.8 Å². The van der Waals surface area contributed by atoms with Crippen LogP contribution in [-0.2, 0) is 11.2 Å². The van der Waals surface area contributed by atoms with Gasteiger partial charge in [0.15, 0.2) is 0 Å². The zero-order valence-corrected chi connectivity index (χ0v) is 11.3. The highest BCUT2D eigenvalue weighted by atomic mass is 35.5. The van der Waals surface area contributed by atoms with E-state index < -0.39 is 12.0 Å². The molecule has 0 aliphatic carbocycles. The number of carbonyl (C=O) groups is 1. The summed E-state index contributed by atoms with van der Waals surface area (Å²) in [5.74, 6) is -0.191. The van der Waals surface area contributed by atoms with Crippen molar-refractivity contribution in [1.29, 1.82) is 0 Å². The van der Waals surface area contributed by atoms with E-state index in [0.717, 1.165) is 11.4 Å². The monoisotopic (exact) mass is 281 g/mol. The van der Waals surface area contributed by atoms with Gasteiger partial charge in [-0.05, 0) is 24.1 Å². The van der Waals surface area contributed by atoms with Gasteiger partial charge in [0, 0.05) is 20.3 Å². The number of pyridine rings is 1. The van der Waals surface area contributed by atoms with Gasteiger partial charge in [-0.2, -0.15) is 0 Å². The van der Waals surface area contributed by atoms with E-state index in [9.17, 15) is 4.79 Å². The first-order valence-corrected chi connectivity index (χ1v) is 4.61. The van der Waals surface area contributed by atoms with E-state index in [0.29, 0.717) is 6.42 Å². The van der Waals surface area contributed by atoms with Crippen molar-refractivity contribution in [3.05, 3.63) is 23.9 Å². The molecule has 0 saturated carbocycles. The summed E-state index contributed by atoms with van der Waals surface area (Å²) in [6.45, 7) is 0. The highest BCUT2D eigenvalue weighted by Gasteiger charge is 2.12. The minimum absolute atomic E-state index is 0. The van der Waals surface area contributed by atoms with E-state index in [2.05, 4.69) is 4.98 Å². The summed E-state index contributed by atoms with van der Waals surface area (Å²) < 4.78 is 0. The number of aromatic nitrogens is 1. The van der Waals surface area contributed by atoms with Gasteiger partial charge >= 0.3 is 5.97 Å². The predicted octanol–water partition coefficient (Wildman–Crippen LogP) is 0.946. The lowest BCUT2D eigenvalue weighted by molar-refractivity contribution is -0.138. The molecule has 7 heteroatoms. The smallest absolute Gasteiger partial charge is 0.320 e. The highest BCUT2D eigenvalue weighted by Crippen LogP contribution is 2.10. The number of nitrogens with two attached hydrogens (primary N) is 1. The van der Waals surface area contributed by atoms with Gasteiger partial charge in [0.1, 0.15) is 11.9 Å². The molecule has 1 heterocycles. The molecule has 1 aromatic rings. The van der Waals surface area contributed by atoms with Gasteiger partial charge in [0.25, 0.3) is 0 Å². The second-order valence-electron chi connectivity index (χ2n) is 3.57. The topological polar surface area (TPSA) is 79.5 Å². The average molecular weight is 282 g/mol. The van der Waals surface area contributed by atoms with Crippen LogP contribution in [0.2, 0.25) is 0 Å². The van der Waals surface area contributed by atoms with Crippen molar-refractivity contribution in [3.8, 4) is 0 Å². The number of nitrogens with zero attached hydrogens (tertiary/aromatic N) is 2. The van der Waals surface area contributed by atoms with Gasteiger partial charge in [-0.3, -0.25) is 4.79 Å². The molecule has 1 atom stereocenters. The molecule has 1 rings (SSSR count). The van der Waals surface area contributed by atoms with Crippen LogP contribution < -0.4 is 10.6 Å². The number of halogens is 2. The Bertz CT molecular complexity index is 361. The Hall–Kier alpha value is -1.04. The number of hydrogen-bond donors (Lipinski definition) is 2. The average Bonchev–Trinajstić information content (AvgIpc) is 2.18. The third kappa shape index (κ3) is 5.72. The van der Waals surface area contributed by atoms with Gasteiger partial charge < -0.3 is 15.7 Å². The summed E-state index contributed by atoms with van der Waals surface area (Å²) >= 11 is 0. The van der Waals surface area contributed by atoms with E-state index in [1.807, 2.05) is 25.1 Å². The Labute approximate surface area is 113 Å². The van der Waals surface area contributed by atoms with Crippen LogP contribution in [-0.4, -0.2) is 36.2 Å². The molecule has 98 valence electrons. The summed E-state index contributed by atoms with van der Waals surface area (Å²) in [5, 5.41) is 8.67. The van der Waals surface area contributed by atoms with Crippen LogP contribution in [0.15, 0.2) is 18.3 Å². The summed E-state index contributed by atoms with van der Waals surface area (Å²) in [6.07, 6.45) is 1.97. The SMILES string of the molecule is CN(C)c1cc(CC(N)C(=O)O)ccn1.Cl.Cl. The van der Waals surface area contributed by atoms with Gasteiger partial charge in [-0.15, -0.1) is 24.8 Å². The zero-order valence-electron chi connectivity index (χ0n) is 9.66. The predicted molar refractivity (Wildman–Crippen MR) is 72.4 cm³/mol. The molecule has 0 saturated heterocycles. The molecule has 0 bridgehead atoms. The van der Waals surface area contributed by atoms with Crippen molar-refractivity contribution < 1.29 is 9.90 Å². The molecular weight excluding hydrogens is 265 g/mol. The van der Waals surface area contributed by atoms with Crippen LogP contribution >= 0.6 is 24.8 Å². The number of carboxylic acid groups (broad SMARTS) is 1. The van der Waals surface area contributed by atoms with Crippen molar-refractivity contribution in [2.45, 2.75) is 12.5 Å². The standard InChI is InChI=1S/C10H15N3O2.2ClH/c1-13(2)9-6-7(3-4-12-9)5-8(11)10(14)15;;/h3-4,6,8H,5,11H2,1-2H3,(H,14,15);2*1H. The minimum atomic E-state index is -0.988. The van der Waals surface area contributed by atoms with Gasteiger partial charge in [0.2, 0.25) is 0 Å². The quantitative estimate of drug-likeness (QED) is 0.859. The molecule has 0 spiro atoms. The molecule has 0 aliphatic heterocycles. The first-order valence-electron chi connectivity index (χ1n) is 4.61. The Morgan fingerprint density at radius 1 is 1.53 bits per heavy atom. The Morgan fingerprint density at radius 2 is 2.12 bits per heavy atom. The lowest BCUT2D eigenvalue weighted by atomic mass is 10.1. The molecule has 5 nitrogen and oxygen atoms in total. The van der Waals surface area contributed by atoms with Crippen LogP contribution in [0.4, 0.5) is 5.82 Å². The van der Waals surface area contributed by atoms with Crippen molar-refractivity contribution in [2.24, 2.45) is 5.73 Å². The van der Waals surface area contributed by atoms with Crippen molar-refractivity contribution in [3.63, 3.8) is 0 Å². The molecule has 0 fully saturated rings. The number of carboxylic acids is 1. The zero-order chi connectivity index (χ0) is 11.4. The van der Waals surface area contributed by atoms with Crippen molar-refractivity contribution >= 4 is 36.6 Å².